The Kier molecular flexibility index (Phi) is 9.96. The van der Waals surface area contributed by atoms with Crippen molar-refractivity contribution in [3.63, 3.8) is 0 Å². The molecule has 1 aromatic heterocycles. The number of rotatable bonds is 6. The minimum atomic E-state index is -0.972. The third-order valence-electron chi connectivity index (χ3n) is 15.1. The van der Waals surface area contributed by atoms with Crippen LogP contribution in [0.4, 0.5) is 5.69 Å². The lowest BCUT2D eigenvalue weighted by Gasteiger charge is -2.65. The van der Waals surface area contributed by atoms with Gasteiger partial charge in [-0.05, 0) is 92.3 Å². The summed E-state index contributed by atoms with van der Waals surface area (Å²) in [4.78, 5) is 77.5. The Morgan fingerprint density at radius 2 is 1.51 bits per heavy atom. The minimum Gasteiger partial charge on any atom is -0.489 e. The number of hydrogen-bond acceptors (Lipinski definition) is 10. The van der Waals surface area contributed by atoms with Gasteiger partial charge >= 0.3 is 0 Å². The Bertz CT molecular complexity index is 2570. The normalized spacial score (nSPS) is 29.4. The van der Waals surface area contributed by atoms with E-state index < -0.39 is 23.8 Å². The first-order valence-corrected chi connectivity index (χ1v) is 22.5. The number of fused-ring (bicyclic) bond motifs is 3. The quantitative estimate of drug-likeness (QED) is 0.237. The van der Waals surface area contributed by atoms with Crippen LogP contribution in [-0.2, 0) is 16.1 Å². The Morgan fingerprint density at radius 3 is 2.19 bits per heavy atom. The molecule has 2 aromatic carbocycles. The first-order valence-electron chi connectivity index (χ1n) is 22.2. The lowest BCUT2D eigenvalue weighted by Crippen LogP contribution is -2.74. The smallest absolute Gasteiger partial charge is 0.262 e. The number of amides is 5. The number of carbonyl (C=O) groups is 5. The second kappa shape index (κ2) is 15.2. The molecular formula is C49H50ClN7O6. The topological polar surface area (TPSA) is 156 Å². The molecule has 1 N–H and O–H groups in total. The van der Waals surface area contributed by atoms with Crippen molar-refractivity contribution in [2.75, 3.05) is 31.1 Å². The summed E-state index contributed by atoms with van der Waals surface area (Å²) in [5.74, 6) is 6.85. The SMILES string of the molecule is CC1(C)C(Oc2ccc(C#N)c(Cl)c2)C(C)(C)C1N1Cc2nc(C#CC3CCC(N4CC5CN(c6ccc7c(c6)C(=O)N(C6CCC(=O)NC6=O)C7=O)CC5C4)CC3)ccc2C1=O. The molecule has 10 rings (SSSR count). The molecule has 13 nitrogen and oxygen atoms in total. The fourth-order valence-corrected chi connectivity index (χ4v) is 12.7. The maximum Gasteiger partial charge on any atom is 0.262 e. The summed E-state index contributed by atoms with van der Waals surface area (Å²) in [6, 6.07) is 15.8. The summed E-state index contributed by atoms with van der Waals surface area (Å²) in [5, 5.41) is 11.9. The zero-order valence-corrected chi connectivity index (χ0v) is 36.7. The van der Waals surface area contributed by atoms with Gasteiger partial charge < -0.3 is 14.5 Å². The van der Waals surface area contributed by atoms with Crippen molar-refractivity contribution in [2.45, 2.75) is 97.0 Å². The monoisotopic (exact) mass is 867 g/mol. The van der Waals surface area contributed by atoms with Gasteiger partial charge in [0.2, 0.25) is 11.8 Å². The molecule has 324 valence electrons. The molecule has 14 heteroatoms. The zero-order valence-electron chi connectivity index (χ0n) is 35.9. The summed E-state index contributed by atoms with van der Waals surface area (Å²) in [6.07, 6.45) is 4.32. The van der Waals surface area contributed by atoms with Gasteiger partial charge in [0.25, 0.3) is 17.7 Å². The second-order valence-electron chi connectivity index (χ2n) is 19.8. The number of hydrogen-bond donors (Lipinski definition) is 1. The van der Waals surface area contributed by atoms with E-state index in [1.54, 1.807) is 30.3 Å². The summed E-state index contributed by atoms with van der Waals surface area (Å²) >= 11 is 6.30. The van der Waals surface area contributed by atoms with Crippen LogP contribution < -0.4 is 15.0 Å². The second-order valence-corrected chi connectivity index (χ2v) is 20.2. The first kappa shape index (κ1) is 41.3. The van der Waals surface area contributed by atoms with E-state index in [9.17, 15) is 29.2 Å². The van der Waals surface area contributed by atoms with Gasteiger partial charge in [0.15, 0.2) is 0 Å². The molecule has 3 unspecified atom stereocenters. The van der Waals surface area contributed by atoms with Crippen molar-refractivity contribution in [3.8, 4) is 23.7 Å². The van der Waals surface area contributed by atoms with Gasteiger partial charge in [-0.15, -0.1) is 0 Å². The fourth-order valence-electron chi connectivity index (χ4n) is 12.4. The Labute approximate surface area is 372 Å². The van der Waals surface area contributed by atoms with Crippen molar-refractivity contribution in [2.24, 2.45) is 28.6 Å². The van der Waals surface area contributed by atoms with E-state index in [1.807, 2.05) is 23.1 Å². The molecule has 5 amide bonds. The fraction of sp³-hybridized carbons (Fsp3) is 0.490. The number of imide groups is 2. The third kappa shape index (κ3) is 6.87. The van der Waals surface area contributed by atoms with Gasteiger partial charge in [0.05, 0.1) is 39.5 Å². The molecule has 3 saturated heterocycles. The highest BCUT2D eigenvalue weighted by atomic mass is 35.5. The molecule has 2 saturated carbocycles. The highest BCUT2D eigenvalue weighted by Gasteiger charge is 2.67. The lowest BCUT2D eigenvalue weighted by molar-refractivity contribution is -0.199. The van der Waals surface area contributed by atoms with Gasteiger partial charge in [-0.3, -0.25) is 39.1 Å². The number of ether oxygens (including phenoxy) is 1. The number of piperidine rings is 1. The molecule has 5 fully saturated rings. The van der Waals surface area contributed by atoms with Crippen LogP contribution in [0.5, 0.6) is 5.75 Å². The van der Waals surface area contributed by atoms with Crippen LogP contribution in [-0.4, -0.2) is 99.6 Å². The highest BCUT2D eigenvalue weighted by molar-refractivity contribution is 6.31. The van der Waals surface area contributed by atoms with Crippen molar-refractivity contribution < 1.29 is 28.7 Å². The highest BCUT2D eigenvalue weighted by Crippen LogP contribution is 2.59. The average molecular weight is 868 g/mol. The van der Waals surface area contributed by atoms with E-state index >= 15 is 0 Å². The van der Waals surface area contributed by atoms with Gasteiger partial charge in [0.1, 0.15) is 29.7 Å². The van der Waals surface area contributed by atoms with Crippen molar-refractivity contribution in [1.29, 1.82) is 5.26 Å². The molecule has 63 heavy (non-hydrogen) atoms. The van der Waals surface area contributed by atoms with Crippen LogP contribution in [0.25, 0.3) is 0 Å². The predicted molar refractivity (Wildman–Crippen MR) is 233 cm³/mol. The standard InChI is InChI=1S/C49H50ClN7O6/c1-48(2)46(49(3,4)47(48)63-34-14-8-28(21-51)38(50)20-34)56-26-39-36(43(56)60)15-10-31(52-39)9-5-27-6-11-32(12-7-27)54-22-29-24-55(25-30(29)23-54)33-13-16-35-37(19-33)45(62)57(44(35)61)40-17-18-41(58)53-42(40)59/h8,10,13-16,19-20,27,29-30,32,40,46-47H,6-7,11-12,17-18,22-26H2,1-4H3,(H,53,58,59). The van der Waals surface area contributed by atoms with E-state index in [1.165, 1.54) is 0 Å². The molecule has 3 aromatic rings. The number of nitrogens with zero attached hydrogens (tertiary/aromatic N) is 6. The van der Waals surface area contributed by atoms with Gasteiger partial charge in [0, 0.05) is 73.2 Å². The Hall–Kier alpha value is -5.76. The zero-order chi connectivity index (χ0) is 44.1. The lowest BCUT2D eigenvalue weighted by atomic mass is 9.49. The molecule has 0 spiro atoms. The largest absolute Gasteiger partial charge is 0.489 e. The van der Waals surface area contributed by atoms with Crippen molar-refractivity contribution in [3.05, 3.63) is 87.2 Å². The van der Waals surface area contributed by atoms with Gasteiger partial charge in [-0.1, -0.05) is 45.2 Å². The van der Waals surface area contributed by atoms with Gasteiger partial charge in [-0.25, -0.2) is 4.98 Å². The number of halogens is 1. The Morgan fingerprint density at radius 1 is 0.810 bits per heavy atom. The molecule has 0 bridgehead atoms. The molecule has 6 heterocycles. The molecule has 0 radical (unpaired) electrons. The van der Waals surface area contributed by atoms with E-state index in [2.05, 4.69) is 60.7 Å². The molecular weight excluding hydrogens is 818 g/mol. The number of likely N-dealkylation sites (tertiary alicyclic amines) is 1. The molecule has 5 aliphatic heterocycles. The minimum absolute atomic E-state index is 0.0161. The summed E-state index contributed by atoms with van der Waals surface area (Å²) in [5.41, 5.74) is 3.30. The third-order valence-corrected chi connectivity index (χ3v) is 15.4. The number of carbonyl (C=O) groups excluding carboxylic acids is 5. The number of benzene rings is 2. The van der Waals surface area contributed by atoms with Crippen LogP contribution in [0.15, 0.2) is 48.5 Å². The maximum absolute atomic E-state index is 13.8. The van der Waals surface area contributed by atoms with E-state index in [0.717, 1.165) is 68.1 Å². The Balaban J connectivity index is 0.715. The predicted octanol–water partition coefficient (Wildman–Crippen LogP) is 5.82. The van der Waals surface area contributed by atoms with E-state index in [-0.39, 0.29) is 47.6 Å². The summed E-state index contributed by atoms with van der Waals surface area (Å²) < 4.78 is 6.48. The molecule has 2 aliphatic carbocycles. The van der Waals surface area contributed by atoms with Gasteiger partial charge in [-0.2, -0.15) is 5.26 Å². The summed E-state index contributed by atoms with van der Waals surface area (Å²) in [7, 11) is 0. The number of aromatic nitrogens is 1. The number of pyridine rings is 1. The molecule has 7 aliphatic rings. The van der Waals surface area contributed by atoms with Crippen LogP contribution in [0.1, 0.15) is 114 Å². The van der Waals surface area contributed by atoms with Crippen LogP contribution in [0, 0.1) is 51.8 Å². The van der Waals surface area contributed by atoms with Crippen LogP contribution >= 0.6 is 11.6 Å². The maximum atomic E-state index is 13.8. The van der Waals surface area contributed by atoms with Crippen LogP contribution in [0.3, 0.4) is 0 Å². The van der Waals surface area contributed by atoms with Crippen LogP contribution in [0.2, 0.25) is 5.02 Å². The number of nitrogens with one attached hydrogen (secondary N) is 1. The number of anilines is 1. The average Bonchev–Trinajstić information content (AvgIpc) is 3.99. The first-order chi connectivity index (χ1) is 30.1. The van der Waals surface area contributed by atoms with Crippen molar-refractivity contribution >= 4 is 46.8 Å². The summed E-state index contributed by atoms with van der Waals surface area (Å²) in [6.45, 7) is 12.8. The van der Waals surface area contributed by atoms with E-state index in [4.69, 9.17) is 21.3 Å². The molecule has 3 atom stereocenters. The number of nitriles is 1. The van der Waals surface area contributed by atoms with Crippen molar-refractivity contribution in [1.82, 2.24) is 25.0 Å². The van der Waals surface area contributed by atoms with E-state index in [0.29, 0.717) is 69.1 Å².